The quantitative estimate of drug-likeness (QED) is 0.113. The zero-order chi connectivity index (χ0) is 35.2. The van der Waals surface area contributed by atoms with E-state index in [-0.39, 0.29) is 5.92 Å². The second kappa shape index (κ2) is 15.3. The summed E-state index contributed by atoms with van der Waals surface area (Å²) in [6, 6.07) is 34.1. The molecule has 6 rings (SSSR count). The Morgan fingerprint density at radius 3 is 1.80 bits per heavy atom. The van der Waals surface area contributed by atoms with Gasteiger partial charge in [-0.2, -0.15) is 0 Å². The van der Waals surface area contributed by atoms with Crippen molar-refractivity contribution in [3.8, 4) is 28.7 Å². The molecule has 0 bridgehead atoms. The largest absolute Gasteiger partial charge is 0.496 e. The van der Waals surface area contributed by atoms with Gasteiger partial charge in [0.2, 0.25) is 0 Å². The third-order valence-electron chi connectivity index (χ3n) is 9.40. The van der Waals surface area contributed by atoms with E-state index in [4.69, 9.17) is 23.7 Å². The molecule has 0 aromatic heterocycles. The smallest absolute Gasteiger partial charge is 0.338 e. The molecule has 1 heterocycles. The van der Waals surface area contributed by atoms with E-state index >= 15 is 0 Å². The minimum atomic E-state index is -0.391. The monoisotopic (exact) mass is 672 g/mol. The molecule has 8 nitrogen and oxygen atoms in total. The number of carbonyl (C=O) groups is 1. The van der Waals surface area contributed by atoms with Gasteiger partial charge in [0.1, 0.15) is 28.7 Å². The van der Waals surface area contributed by atoms with Gasteiger partial charge in [-0.15, -0.1) is 0 Å². The number of hydrogen-bond donors (Lipinski definition) is 0. The molecule has 1 aliphatic rings. The van der Waals surface area contributed by atoms with Gasteiger partial charge in [-0.1, -0.05) is 60.7 Å². The molecule has 0 aliphatic carbocycles. The van der Waals surface area contributed by atoms with E-state index in [0.717, 1.165) is 69.5 Å². The topological polar surface area (TPSA) is 69.7 Å². The molecule has 0 amide bonds. The lowest BCUT2D eigenvalue weighted by molar-refractivity contribution is 0.0599. The van der Waals surface area contributed by atoms with Crippen molar-refractivity contribution in [1.82, 2.24) is 0 Å². The molecule has 0 fully saturated rings. The summed E-state index contributed by atoms with van der Waals surface area (Å²) in [6.45, 7) is 7.06. The van der Waals surface area contributed by atoms with E-state index in [1.165, 1.54) is 7.11 Å². The molecule has 50 heavy (non-hydrogen) atoms. The number of ether oxygens (including phenoxy) is 5. The Morgan fingerprint density at radius 2 is 1.20 bits per heavy atom. The van der Waals surface area contributed by atoms with E-state index in [1.807, 2.05) is 66.7 Å². The molecule has 1 aliphatic heterocycles. The highest BCUT2D eigenvalue weighted by Crippen LogP contribution is 2.52. The van der Waals surface area contributed by atoms with Crippen LogP contribution in [0.1, 0.15) is 57.9 Å². The highest BCUT2D eigenvalue weighted by Gasteiger charge is 2.34. The Bertz CT molecular complexity index is 1920. The molecule has 1 unspecified atom stereocenters. The maximum absolute atomic E-state index is 13.2. The first-order valence-electron chi connectivity index (χ1n) is 16.9. The number of rotatable bonds is 13. The third kappa shape index (κ3) is 6.66. The number of methoxy groups -OCH3 is 4. The summed E-state index contributed by atoms with van der Waals surface area (Å²) >= 11 is 0. The normalized spacial score (nSPS) is 13.0. The Morgan fingerprint density at radius 1 is 0.620 bits per heavy atom. The lowest BCUT2D eigenvalue weighted by atomic mass is 9.80. The second-order valence-electron chi connectivity index (χ2n) is 12.0. The van der Waals surface area contributed by atoms with E-state index in [9.17, 15) is 4.79 Å². The molecule has 0 spiro atoms. The van der Waals surface area contributed by atoms with Crippen molar-refractivity contribution < 1.29 is 28.5 Å². The van der Waals surface area contributed by atoms with Gasteiger partial charge in [-0.25, -0.2) is 4.79 Å². The van der Waals surface area contributed by atoms with Crippen LogP contribution in [0.15, 0.2) is 103 Å². The summed E-state index contributed by atoms with van der Waals surface area (Å²) < 4.78 is 29.7. The number of fused-ring (bicyclic) bond motifs is 2. The molecule has 5 aromatic carbocycles. The van der Waals surface area contributed by atoms with Crippen molar-refractivity contribution >= 4 is 17.3 Å². The molecule has 0 saturated heterocycles. The van der Waals surface area contributed by atoms with Crippen LogP contribution in [0.4, 0.5) is 11.4 Å². The number of benzene rings is 5. The van der Waals surface area contributed by atoms with Crippen LogP contribution >= 0.6 is 0 Å². The molecule has 0 radical (unpaired) electrons. The van der Waals surface area contributed by atoms with Crippen molar-refractivity contribution in [1.29, 1.82) is 0 Å². The maximum Gasteiger partial charge on any atom is 0.338 e. The van der Waals surface area contributed by atoms with Crippen molar-refractivity contribution in [3.63, 3.8) is 0 Å². The summed E-state index contributed by atoms with van der Waals surface area (Å²) in [4.78, 5) is 17.8. The van der Waals surface area contributed by atoms with Crippen molar-refractivity contribution in [2.45, 2.75) is 32.9 Å². The fourth-order valence-corrected chi connectivity index (χ4v) is 6.90. The maximum atomic E-state index is 13.2. The van der Waals surface area contributed by atoms with Gasteiger partial charge >= 0.3 is 5.97 Å². The highest BCUT2D eigenvalue weighted by atomic mass is 16.5. The first-order valence-corrected chi connectivity index (χ1v) is 16.9. The molecule has 0 N–H and O–H groups in total. The Kier molecular flexibility index (Phi) is 10.5. The fourth-order valence-electron chi connectivity index (χ4n) is 6.90. The van der Waals surface area contributed by atoms with Crippen LogP contribution < -0.4 is 28.7 Å². The summed E-state index contributed by atoms with van der Waals surface area (Å²) in [7, 11) is 6.46. The SMILES string of the molecule is CCN(CC)c1ccc2c(c1)Oc1cc(OC)c(N(Cc3ccccc3OC)Cc3ccccc3OC)cc1C2c1ccccc1C(=O)OC. The van der Waals surface area contributed by atoms with E-state index < -0.39 is 5.97 Å². The summed E-state index contributed by atoms with van der Waals surface area (Å²) in [5.41, 5.74) is 7.16. The average Bonchev–Trinajstić information content (AvgIpc) is 3.16. The van der Waals surface area contributed by atoms with Crippen LogP contribution in [0.25, 0.3) is 0 Å². The zero-order valence-electron chi connectivity index (χ0n) is 29.6. The van der Waals surface area contributed by atoms with Crippen LogP contribution in [0.2, 0.25) is 0 Å². The number of para-hydroxylation sites is 2. The van der Waals surface area contributed by atoms with Crippen LogP contribution in [-0.4, -0.2) is 47.5 Å². The van der Waals surface area contributed by atoms with Crippen LogP contribution in [0.5, 0.6) is 28.7 Å². The summed E-state index contributed by atoms with van der Waals surface area (Å²) in [6.07, 6.45) is 0. The van der Waals surface area contributed by atoms with Crippen LogP contribution in [0, 0.1) is 0 Å². The molecule has 5 aromatic rings. The van der Waals surface area contributed by atoms with E-state index in [2.05, 4.69) is 60.0 Å². The molecule has 8 heteroatoms. The lowest BCUT2D eigenvalue weighted by Crippen LogP contribution is -2.25. The zero-order valence-corrected chi connectivity index (χ0v) is 29.6. The van der Waals surface area contributed by atoms with Crippen LogP contribution in [-0.2, 0) is 17.8 Å². The van der Waals surface area contributed by atoms with E-state index in [0.29, 0.717) is 30.2 Å². The lowest BCUT2D eigenvalue weighted by Gasteiger charge is -2.34. The predicted molar refractivity (Wildman–Crippen MR) is 198 cm³/mol. The predicted octanol–water partition coefficient (Wildman–Crippen LogP) is 8.84. The van der Waals surface area contributed by atoms with E-state index in [1.54, 1.807) is 21.3 Å². The van der Waals surface area contributed by atoms with Gasteiger partial charge in [0.05, 0.1) is 39.7 Å². The van der Waals surface area contributed by atoms with Gasteiger partial charge in [-0.3, -0.25) is 0 Å². The molecule has 258 valence electrons. The first-order chi connectivity index (χ1) is 24.4. The molecule has 0 saturated carbocycles. The van der Waals surface area contributed by atoms with Gasteiger partial charge in [0.25, 0.3) is 0 Å². The van der Waals surface area contributed by atoms with Gasteiger partial charge in [-0.05, 0) is 49.7 Å². The third-order valence-corrected chi connectivity index (χ3v) is 9.40. The fraction of sp³-hybridized carbons (Fsp3) is 0.262. The van der Waals surface area contributed by atoms with Crippen molar-refractivity contribution in [3.05, 3.63) is 137 Å². The Balaban J connectivity index is 1.57. The Labute approximate surface area is 294 Å². The van der Waals surface area contributed by atoms with Gasteiger partial charge < -0.3 is 33.5 Å². The summed E-state index contributed by atoms with van der Waals surface area (Å²) in [5.74, 6) is 2.91. The van der Waals surface area contributed by atoms with Gasteiger partial charge in [0, 0.05) is 72.2 Å². The van der Waals surface area contributed by atoms with Crippen molar-refractivity contribution in [2.24, 2.45) is 0 Å². The summed E-state index contributed by atoms with van der Waals surface area (Å²) in [5, 5.41) is 0. The standard InChI is InChI=1S/C42H44N2O6/c1-7-43(8-2)30-21-22-33-38(23-30)50-39-25-40(48-5)35(24-34(39)41(33)31-17-11-12-18-32(31)42(45)49-6)44(26-28-15-9-13-19-36(28)46-3)27-29-16-10-14-20-37(29)47-4/h9-25,41H,7-8,26-27H2,1-6H3. The average molecular weight is 673 g/mol. The molecule has 1 atom stereocenters. The molecular formula is C42H44N2O6. The Hall–Kier alpha value is -5.63. The number of anilines is 2. The minimum Gasteiger partial charge on any atom is -0.496 e. The number of nitrogens with zero attached hydrogens (tertiary/aromatic N) is 2. The highest BCUT2D eigenvalue weighted by molar-refractivity contribution is 5.92. The first kappa shape index (κ1) is 34.2. The second-order valence-corrected chi connectivity index (χ2v) is 12.0. The molecular weight excluding hydrogens is 628 g/mol. The van der Waals surface area contributed by atoms with Gasteiger partial charge in [0.15, 0.2) is 0 Å². The van der Waals surface area contributed by atoms with Crippen LogP contribution in [0.3, 0.4) is 0 Å². The number of carbonyl (C=O) groups excluding carboxylic acids is 1. The number of hydrogen-bond acceptors (Lipinski definition) is 8. The number of esters is 1. The van der Waals surface area contributed by atoms with Crippen molar-refractivity contribution in [2.75, 3.05) is 51.3 Å². The minimum absolute atomic E-state index is 0.334.